The Kier molecular flexibility index (Phi) is 7.98. The molecule has 3 atom stereocenters. The van der Waals surface area contributed by atoms with Crippen molar-refractivity contribution in [3.63, 3.8) is 0 Å². The number of carbonyl (C=O) groups excluding carboxylic acids is 1. The highest BCUT2D eigenvalue weighted by molar-refractivity contribution is 6.01. The van der Waals surface area contributed by atoms with Gasteiger partial charge in [-0.2, -0.15) is 0 Å². The Morgan fingerprint density at radius 2 is 1.79 bits per heavy atom. The van der Waals surface area contributed by atoms with Crippen LogP contribution in [-0.2, 0) is 0 Å². The molecular formula is C30H40N6O2. The third-order valence-corrected chi connectivity index (χ3v) is 8.07. The van der Waals surface area contributed by atoms with Crippen LogP contribution in [0.15, 0.2) is 54.6 Å². The largest absolute Gasteiger partial charge is 0.497 e. The first-order chi connectivity index (χ1) is 18.4. The number of rotatable bonds is 9. The van der Waals surface area contributed by atoms with Gasteiger partial charge in [-0.15, -0.1) is 10.2 Å². The van der Waals surface area contributed by atoms with Crippen molar-refractivity contribution >= 4 is 17.4 Å². The van der Waals surface area contributed by atoms with Crippen molar-refractivity contribution in [1.29, 1.82) is 0 Å². The molecule has 2 aromatic carbocycles. The topological polar surface area (TPSA) is 75.5 Å². The number of aromatic nitrogens is 3. The third-order valence-electron chi connectivity index (χ3n) is 8.07. The van der Waals surface area contributed by atoms with E-state index in [9.17, 15) is 4.79 Å². The quantitative estimate of drug-likeness (QED) is 0.377. The smallest absolute Gasteiger partial charge is 0.326 e. The van der Waals surface area contributed by atoms with E-state index in [2.05, 4.69) is 45.8 Å². The molecular weight excluding hydrogens is 476 g/mol. The predicted molar refractivity (Wildman–Crippen MR) is 151 cm³/mol. The van der Waals surface area contributed by atoms with Crippen LogP contribution in [0.25, 0.3) is 0 Å². The summed E-state index contributed by atoms with van der Waals surface area (Å²) in [6.07, 6.45) is 5.71. The van der Waals surface area contributed by atoms with Gasteiger partial charge in [-0.25, -0.2) is 4.79 Å². The molecule has 0 radical (unpaired) electrons. The van der Waals surface area contributed by atoms with Gasteiger partial charge < -0.3 is 14.6 Å². The number of aryl methyl sites for hydroxylation is 1. The lowest BCUT2D eigenvalue weighted by Crippen LogP contribution is -2.45. The standard InChI is InChI=1S/C30H40N6O2/c1-21(2)29-33-32-22(3)36(29)27-19-25-14-15-26(20-27)34(25)16-9-17-35(24-11-6-5-7-12-24)30(37)31-23-10-8-13-28(18-23)38-4/h5-8,10-13,18,21,25-27H,9,14-17,19-20H2,1-4H3,(H,31,37)/t25-,26+,27?. The molecule has 1 N–H and O–H groups in total. The lowest BCUT2D eigenvalue weighted by Gasteiger charge is -2.40. The number of para-hydroxylation sites is 1. The van der Waals surface area contributed by atoms with E-state index in [1.165, 1.54) is 12.8 Å². The van der Waals surface area contributed by atoms with Crippen LogP contribution >= 0.6 is 0 Å². The molecule has 5 rings (SSSR count). The predicted octanol–water partition coefficient (Wildman–Crippen LogP) is 6.02. The fourth-order valence-corrected chi connectivity index (χ4v) is 6.31. The number of piperidine rings is 1. The lowest BCUT2D eigenvalue weighted by molar-refractivity contribution is 0.104. The number of ether oxygens (including phenoxy) is 1. The van der Waals surface area contributed by atoms with Gasteiger partial charge in [0.15, 0.2) is 0 Å². The van der Waals surface area contributed by atoms with Gasteiger partial charge in [0.1, 0.15) is 17.4 Å². The highest BCUT2D eigenvalue weighted by atomic mass is 16.5. The highest BCUT2D eigenvalue weighted by Crippen LogP contribution is 2.42. The second-order valence-corrected chi connectivity index (χ2v) is 10.9. The number of hydrogen-bond donors (Lipinski definition) is 1. The van der Waals surface area contributed by atoms with Crippen molar-refractivity contribution < 1.29 is 9.53 Å². The Hall–Kier alpha value is -3.39. The van der Waals surface area contributed by atoms with E-state index in [0.717, 1.165) is 54.6 Å². The molecule has 3 heterocycles. The van der Waals surface area contributed by atoms with Gasteiger partial charge in [-0.05, 0) is 63.3 Å². The van der Waals surface area contributed by atoms with Crippen molar-refractivity contribution in [3.05, 3.63) is 66.2 Å². The molecule has 0 saturated carbocycles. The number of hydrogen-bond acceptors (Lipinski definition) is 5. The third kappa shape index (κ3) is 5.55. The highest BCUT2D eigenvalue weighted by Gasteiger charge is 2.42. The van der Waals surface area contributed by atoms with E-state index >= 15 is 0 Å². The number of methoxy groups -OCH3 is 1. The second-order valence-electron chi connectivity index (χ2n) is 10.9. The number of nitrogens with zero attached hydrogens (tertiary/aromatic N) is 5. The summed E-state index contributed by atoms with van der Waals surface area (Å²) in [7, 11) is 1.63. The van der Waals surface area contributed by atoms with Gasteiger partial charge >= 0.3 is 6.03 Å². The van der Waals surface area contributed by atoms with Gasteiger partial charge in [-0.1, -0.05) is 38.1 Å². The first-order valence-corrected chi connectivity index (χ1v) is 13.9. The molecule has 2 aliphatic heterocycles. The molecule has 2 aliphatic rings. The summed E-state index contributed by atoms with van der Waals surface area (Å²) < 4.78 is 7.73. The maximum atomic E-state index is 13.4. The molecule has 2 saturated heterocycles. The summed E-state index contributed by atoms with van der Waals surface area (Å²) in [4.78, 5) is 17.9. The molecule has 8 nitrogen and oxygen atoms in total. The van der Waals surface area contributed by atoms with Crippen molar-refractivity contribution in [2.75, 3.05) is 30.4 Å². The Bertz CT molecular complexity index is 1210. The number of amides is 2. The van der Waals surface area contributed by atoms with Gasteiger partial charge in [-0.3, -0.25) is 9.80 Å². The van der Waals surface area contributed by atoms with E-state index in [1.807, 2.05) is 59.5 Å². The fraction of sp³-hybridized carbons (Fsp3) is 0.500. The number of benzene rings is 2. The van der Waals surface area contributed by atoms with Crippen LogP contribution in [0.1, 0.15) is 69.6 Å². The summed E-state index contributed by atoms with van der Waals surface area (Å²) in [6, 6.07) is 18.9. The number of fused-ring (bicyclic) bond motifs is 2. The van der Waals surface area contributed by atoms with E-state index in [1.54, 1.807) is 7.11 Å². The van der Waals surface area contributed by atoms with Gasteiger partial charge in [0.25, 0.3) is 0 Å². The van der Waals surface area contributed by atoms with E-state index in [-0.39, 0.29) is 6.03 Å². The molecule has 1 aromatic heterocycles. The molecule has 202 valence electrons. The van der Waals surface area contributed by atoms with Crippen molar-refractivity contribution in [3.8, 4) is 5.75 Å². The van der Waals surface area contributed by atoms with E-state index in [0.29, 0.717) is 30.6 Å². The van der Waals surface area contributed by atoms with Crippen LogP contribution in [0, 0.1) is 6.92 Å². The maximum Gasteiger partial charge on any atom is 0.326 e. The average Bonchev–Trinajstić information content (AvgIpc) is 3.42. The van der Waals surface area contributed by atoms with Crippen LogP contribution in [0.2, 0.25) is 0 Å². The average molecular weight is 517 g/mol. The molecule has 0 aliphatic carbocycles. The number of nitrogens with one attached hydrogen (secondary N) is 1. The Labute approximate surface area is 226 Å². The number of anilines is 2. The van der Waals surface area contributed by atoms with Crippen LogP contribution < -0.4 is 15.0 Å². The van der Waals surface area contributed by atoms with Crippen LogP contribution in [0.5, 0.6) is 5.75 Å². The molecule has 3 aromatic rings. The zero-order valence-electron chi connectivity index (χ0n) is 23.0. The fourth-order valence-electron chi connectivity index (χ4n) is 6.31. The zero-order chi connectivity index (χ0) is 26.6. The molecule has 2 amide bonds. The summed E-state index contributed by atoms with van der Waals surface area (Å²) in [5, 5.41) is 11.9. The van der Waals surface area contributed by atoms with Crippen molar-refractivity contribution in [2.24, 2.45) is 0 Å². The molecule has 1 unspecified atom stereocenters. The summed E-state index contributed by atoms with van der Waals surface area (Å²) in [6.45, 7) is 8.14. The molecule has 8 heteroatoms. The Morgan fingerprint density at radius 1 is 1.05 bits per heavy atom. The minimum absolute atomic E-state index is 0.129. The van der Waals surface area contributed by atoms with Gasteiger partial charge in [0.05, 0.1) is 7.11 Å². The monoisotopic (exact) mass is 516 g/mol. The summed E-state index contributed by atoms with van der Waals surface area (Å²) in [5.74, 6) is 3.24. The van der Waals surface area contributed by atoms with Crippen molar-refractivity contribution in [2.45, 2.75) is 76.9 Å². The SMILES string of the molecule is COc1cccc(NC(=O)N(CCCN2[C@@H]3CC[C@H]2CC(n2c(C)nnc2C(C)C)C3)c2ccccc2)c1. The first-order valence-electron chi connectivity index (χ1n) is 13.9. The molecule has 2 fully saturated rings. The Balaban J connectivity index is 1.23. The molecule has 38 heavy (non-hydrogen) atoms. The minimum Gasteiger partial charge on any atom is -0.497 e. The van der Waals surface area contributed by atoms with Crippen LogP contribution in [0.3, 0.4) is 0 Å². The minimum atomic E-state index is -0.129. The maximum absolute atomic E-state index is 13.4. The second kappa shape index (κ2) is 11.6. The number of carbonyl (C=O) groups is 1. The molecule has 2 bridgehead atoms. The first kappa shape index (κ1) is 26.2. The summed E-state index contributed by atoms with van der Waals surface area (Å²) in [5.41, 5.74) is 1.62. The zero-order valence-corrected chi connectivity index (χ0v) is 23.0. The molecule has 0 spiro atoms. The summed E-state index contributed by atoms with van der Waals surface area (Å²) >= 11 is 0. The van der Waals surface area contributed by atoms with Gasteiger partial charge in [0, 0.05) is 54.6 Å². The van der Waals surface area contributed by atoms with Crippen LogP contribution in [0.4, 0.5) is 16.2 Å². The lowest BCUT2D eigenvalue weighted by atomic mass is 9.96. The van der Waals surface area contributed by atoms with Gasteiger partial charge in [0.2, 0.25) is 0 Å². The normalized spacial score (nSPS) is 21.0. The van der Waals surface area contributed by atoms with E-state index < -0.39 is 0 Å². The van der Waals surface area contributed by atoms with E-state index in [4.69, 9.17) is 4.74 Å². The van der Waals surface area contributed by atoms with Crippen molar-refractivity contribution in [1.82, 2.24) is 19.7 Å². The number of urea groups is 1. The Morgan fingerprint density at radius 3 is 2.47 bits per heavy atom. The van der Waals surface area contributed by atoms with Crippen LogP contribution in [-0.4, -0.2) is 58.0 Å².